The van der Waals surface area contributed by atoms with Crippen LogP contribution in [0.5, 0.6) is 0 Å². The second kappa shape index (κ2) is 9.03. The van der Waals surface area contributed by atoms with Gasteiger partial charge < -0.3 is 11.1 Å². The quantitative estimate of drug-likeness (QED) is 0.797. The Balaban J connectivity index is 1.63. The molecule has 1 fully saturated rings. The normalized spacial score (nSPS) is 16.8. The molecular weight excluding hydrogens is 346 g/mol. The van der Waals surface area contributed by atoms with Crippen molar-refractivity contribution in [3.8, 4) is 17.2 Å². The summed E-state index contributed by atoms with van der Waals surface area (Å²) in [7, 11) is 0. The van der Waals surface area contributed by atoms with E-state index in [0.29, 0.717) is 19.3 Å². The van der Waals surface area contributed by atoms with E-state index in [-0.39, 0.29) is 5.91 Å². The fraction of sp³-hybridized carbons (Fsp3) is 0.417. The van der Waals surface area contributed by atoms with Crippen LogP contribution in [0.1, 0.15) is 50.2 Å². The first kappa shape index (κ1) is 20.1. The monoisotopic (exact) mass is 375 g/mol. The van der Waals surface area contributed by atoms with Crippen molar-refractivity contribution in [1.82, 2.24) is 5.32 Å². The number of nitrogens with two attached hydrogens (primary N) is 1. The number of nitrogens with zero attached hydrogens (tertiary/aromatic N) is 1. The third-order valence-electron chi connectivity index (χ3n) is 5.75. The van der Waals surface area contributed by atoms with Crippen molar-refractivity contribution < 1.29 is 4.79 Å². The highest BCUT2D eigenvalue weighted by atomic mass is 16.2. The molecule has 1 aliphatic carbocycles. The molecule has 0 radical (unpaired) electrons. The number of nitrogens with one attached hydrogen (secondary N) is 1. The molecule has 3 rings (SSSR count). The first-order valence-electron chi connectivity index (χ1n) is 10.2. The van der Waals surface area contributed by atoms with Crippen molar-refractivity contribution >= 4 is 5.91 Å². The molecule has 1 amide bonds. The minimum atomic E-state index is -0.818. The van der Waals surface area contributed by atoms with E-state index in [1.807, 2.05) is 12.1 Å². The summed E-state index contributed by atoms with van der Waals surface area (Å²) in [4.78, 5) is 12.6. The fourth-order valence-electron chi connectivity index (χ4n) is 3.84. The van der Waals surface area contributed by atoms with Crippen LogP contribution in [0.3, 0.4) is 0 Å². The van der Waals surface area contributed by atoms with Crippen molar-refractivity contribution in [2.45, 2.75) is 63.5 Å². The van der Waals surface area contributed by atoms with Crippen LogP contribution in [0.15, 0.2) is 48.5 Å². The minimum absolute atomic E-state index is 0.189. The van der Waals surface area contributed by atoms with Crippen molar-refractivity contribution in [2.24, 2.45) is 5.73 Å². The molecule has 28 heavy (non-hydrogen) atoms. The molecule has 1 saturated carbocycles. The molecule has 0 heterocycles. The van der Waals surface area contributed by atoms with Gasteiger partial charge in [-0.1, -0.05) is 74.7 Å². The average Bonchev–Trinajstić information content (AvgIpc) is 2.74. The molecule has 146 valence electrons. The molecule has 0 spiro atoms. The highest BCUT2D eigenvalue weighted by Crippen LogP contribution is 2.26. The Morgan fingerprint density at radius 2 is 1.57 bits per heavy atom. The summed E-state index contributed by atoms with van der Waals surface area (Å²) >= 11 is 0. The van der Waals surface area contributed by atoms with Gasteiger partial charge in [0.1, 0.15) is 6.04 Å². The van der Waals surface area contributed by atoms with E-state index in [0.717, 1.165) is 36.8 Å². The third-order valence-corrected chi connectivity index (χ3v) is 5.75. The molecular formula is C24H29N3O. The first-order chi connectivity index (χ1) is 13.5. The van der Waals surface area contributed by atoms with Crippen molar-refractivity contribution in [3.63, 3.8) is 0 Å². The third kappa shape index (κ3) is 4.79. The van der Waals surface area contributed by atoms with Crippen molar-refractivity contribution in [2.75, 3.05) is 0 Å². The first-order valence-corrected chi connectivity index (χ1v) is 10.2. The highest BCUT2D eigenvalue weighted by molar-refractivity contribution is 5.86. The van der Waals surface area contributed by atoms with E-state index in [1.165, 1.54) is 11.1 Å². The number of nitriles is 1. The zero-order valence-corrected chi connectivity index (χ0v) is 16.6. The number of benzene rings is 2. The van der Waals surface area contributed by atoms with Crippen LogP contribution < -0.4 is 11.1 Å². The molecule has 4 heteroatoms. The van der Waals surface area contributed by atoms with Crippen LogP contribution in [0.2, 0.25) is 0 Å². The van der Waals surface area contributed by atoms with E-state index in [1.54, 1.807) is 0 Å². The van der Waals surface area contributed by atoms with E-state index >= 15 is 0 Å². The predicted octanol–water partition coefficient (Wildman–Crippen LogP) is 4.13. The van der Waals surface area contributed by atoms with Gasteiger partial charge in [-0.2, -0.15) is 5.26 Å². The van der Waals surface area contributed by atoms with Gasteiger partial charge >= 0.3 is 0 Å². The minimum Gasteiger partial charge on any atom is -0.338 e. The highest BCUT2D eigenvalue weighted by Gasteiger charge is 2.36. The van der Waals surface area contributed by atoms with Crippen LogP contribution >= 0.6 is 0 Å². The van der Waals surface area contributed by atoms with Gasteiger partial charge in [-0.05, 0) is 41.5 Å². The molecule has 1 atom stereocenters. The number of hydrogen-bond acceptors (Lipinski definition) is 3. The van der Waals surface area contributed by atoms with Gasteiger partial charge in [0.25, 0.3) is 0 Å². The number of carbonyl (C=O) groups is 1. The Morgan fingerprint density at radius 3 is 2.07 bits per heavy atom. The summed E-state index contributed by atoms with van der Waals surface area (Å²) in [6.45, 7) is 2.15. The summed E-state index contributed by atoms with van der Waals surface area (Å²) in [5.74, 6) is -0.189. The fourth-order valence-corrected chi connectivity index (χ4v) is 3.84. The van der Waals surface area contributed by atoms with Gasteiger partial charge in [-0.25, -0.2) is 0 Å². The summed E-state index contributed by atoms with van der Waals surface area (Å²) in [5.41, 5.74) is 10.1. The van der Waals surface area contributed by atoms with Gasteiger partial charge in [0.05, 0.1) is 11.6 Å². The Morgan fingerprint density at radius 1 is 1.04 bits per heavy atom. The Bertz CT molecular complexity index is 828. The maximum atomic E-state index is 12.6. The van der Waals surface area contributed by atoms with E-state index in [2.05, 4.69) is 54.7 Å². The number of amides is 1. The van der Waals surface area contributed by atoms with Crippen molar-refractivity contribution in [3.05, 3.63) is 59.7 Å². The molecule has 3 N–H and O–H groups in total. The lowest BCUT2D eigenvalue weighted by Crippen LogP contribution is -2.57. The number of hydrogen-bond donors (Lipinski definition) is 2. The molecule has 0 bridgehead atoms. The van der Waals surface area contributed by atoms with E-state index in [4.69, 9.17) is 5.73 Å². The Hall–Kier alpha value is -2.64. The van der Waals surface area contributed by atoms with Crippen LogP contribution in [0, 0.1) is 11.3 Å². The van der Waals surface area contributed by atoms with Crippen LogP contribution in [0.25, 0.3) is 11.1 Å². The summed E-state index contributed by atoms with van der Waals surface area (Å²) in [5, 5.41) is 12.4. The van der Waals surface area contributed by atoms with Gasteiger partial charge in [0, 0.05) is 6.42 Å². The molecule has 0 aromatic heterocycles. The molecule has 0 saturated heterocycles. The summed E-state index contributed by atoms with van der Waals surface area (Å²) < 4.78 is 0. The van der Waals surface area contributed by atoms with E-state index in [9.17, 15) is 10.1 Å². The van der Waals surface area contributed by atoms with E-state index < -0.39 is 11.6 Å². The lowest BCUT2D eigenvalue weighted by Gasteiger charge is -2.32. The zero-order valence-electron chi connectivity index (χ0n) is 16.6. The summed E-state index contributed by atoms with van der Waals surface area (Å²) in [6.07, 6.45) is 5.98. The second-order valence-electron chi connectivity index (χ2n) is 7.82. The van der Waals surface area contributed by atoms with Gasteiger partial charge in [0.2, 0.25) is 5.91 Å². The van der Waals surface area contributed by atoms with Gasteiger partial charge in [-0.3, -0.25) is 4.79 Å². The number of carbonyl (C=O) groups excluding carboxylic acids is 1. The topological polar surface area (TPSA) is 78.9 Å². The average molecular weight is 376 g/mol. The smallest absolute Gasteiger partial charge is 0.241 e. The maximum Gasteiger partial charge on any atom is 0.241 e. The lowest BCUT2D eigenvalue weighted by atomic mass is 9.81. The van der Waals surface area contributed by atoms with Gasteiger partial charge in [-0.15, -0.1) is 0 Å². The molecule has 2 aromatic rings. The standard InChI is InChI=1S/C24H29N3O/c1-2-18-6-10-20(11-7-18)21-12-8-19(9-13-21)16-22(17-25)27-23(28)24(26)14-4-3-5-15-24/h6-13,22H,2-5,14-16,26H2,1H3,(H,27,28). The van der Waals surface area contributed by atoms with Crippen LogP contribution in [-0.2, 0) is 17.6 Å². The number of aryl methyl sites for hydroxylation is 1. The maximum absolute atomic E-state index is 12.6. The van der Waals surface area contributed by atoms with Gasteiger partial charge in [0.15, 0.2) is 0 Å². The second-order valence-corrected chi connectivity index (χ2v) is 7.82. The molecule has 0 aliphatic heterocycles. The largest absolute Gasteiger partial charge is 0.338 e. The zero-order chi connectivity index (χ0) is 20.0. The Labute approximate surface area is 167 Å². The molecule has 1 aliphatic rings. The number of rotatable bonds is 6. The van der Waals surface area contributed by atoms with Crippen LogP contribution in [0.4, 0.5) is 0 Å². The molecule has 1 unspecified atom stereocenters. The predicted molar refractivity (Wildman–Crippen MR) is 113 cm³/mol. The lowest BCUT2D eigenvalue weighted by molar-refractivity contribution is -0.127. The Kier molecular flexibility index (Phi) is 6.49. The summed E-state index contributed by atoms with van der Waals surface area (Å²) in [6, 6.07) is 18.4. The van der Waals surface area contributed by atoms with Crippen molar-refractivity contribution in [1.29, 1.82) is 5.26 Å². The SMILES string of the molecule is CCc1ccc(-c2ccc(CC(C#N)NC(=O)C3(N)CCCCC3)cc2)cc1. The molecule has 2 aromatic carbocycles. The van der Waals surface area contributed by atoms with Crippen LogP contribution in [-0.4, -0.2) is 17.5 Å². The molecule has 4 nitrogen and oxygen atoms in total.